The van der Waals surface area contributed by atoms with Crippen LogP contribution in [0.2, 0.25) is 0 Å². The minimum absolute atomic E-state index is 0.509. The standard InChI is InChI=1S/C18H30N2O/c1-14(19-20-15(2)6-5-7-16(20)3)8-9-17-10-12-18(21-4)13-11-17/h10-16,19H,5-9H2,1-4H3. The molecule has 0 spiro atoms. The molecule has 1 fully saturated rings. The maximum absolute atomic E-state index is 5.20. The van der Waals surface area contributed by atoms with Crippen molar-refractivity contribution < 1.29 is 4.74 Å². The number of rotatable bonds is 6. The zero-order valence-electron chi connectivity index (χ0n) is 13.9. The minimum Gasteiger partial charge on any atom is -0.497 e. The fourth-order valence-electron chi connectivity index (χ4n) is 3.17. The van der Waals surface area contributed by atoms with E-state index in [1.807, 2.05) is 12.1 Å². The van der Waals surface area contributed by atoms with Crippen LogP contribution < -0.4 is 10.2 Å². The van der Waals surface area contributed by atoms with Crippen LogP contribution in [0.4, 0.5) is 0 Å². The van der Waals surface area contributed by atoms with E-state index < -0.39 is 0 Å². The van der Waals surface area contributed by atoms with Crippen molar-refractivity contribution in [3.63, 3.8) is 0 Å². The molecule has 0 aromatic heterocycles. The summed E-state index contributed by atoms with van der Waals surface area (Å²) in [6.07, 6.45) is 6.24. The van der Waals surface area contributed by atoms with Crippen LogP contribution in [0, 0.1) is 0 Å². The Morgan fingerprint density at radius 2 is 1.81 bits per heavy atom. The maximum Gasteiger partial charge on any atom is 0.118 e. The van der Waals surface area contributed by atoms with Crippen molar-refractivity contribution in [2.75, 3.05) is 7.11 Å². The molecule has 0 saturated carbocycles. The van der Waals surface area contributed by atoms with Gasteiger partial charge in [0.2, 0.25) is 0 Å². The van der Waals surface area contributed by atoms with Crippen LogP contribution in [-0.4, -0.2) is 30.2 Å². The first-order chi connectivity index (χ1) is 10.1. The van der Waals surface area contributed by atoms with Gasteiger partial charge in [0.05, 0.1) is 7.11 Å². The van der Waals surface area contributed by atoms with Gasteiger partial charge in [-0.05, 0) is 64.2 Å². The van der Waals surface area contributed by atoms with E-state index >= 15 is 0 Å². The van der Waals surface area contributed by atoms with Crippen molar-refractivity contribution in [1.82, 2.24) is 10.4 Å². The summed E-state index contributed by atoms with van der Waals surface area (Å²) in [6.45, 7) is 6.95. The Balaban J connectivity index is 1.79. The molecule has 1 N–H and O–H groups in total. The molecule has 1 aromatic carbocycles. The largest absolute Gasteiger partial charge is 0.497 e. The van der Waals surface area contributed by atoms with Crippen molar-refractivity contribution in [2.45, 2.75) is 71.0 Å². The van der Waals surface area contributed by atoms with Crippen molar-refractivity contribution in [3.8, 4) is 5.75 Å². The Morgan fingerprint density at radius 1 is 1.19 bits per heavy atom. The molecule has 3 unspecified atom stereocenters. The summed E-state index contributed by atoms with van der Waals surface area (Å²) in [4.78, 5) is 0. The molecule has 0 radical (unpaired) electrons. The quantitative estimate of drug-likeness (QED) is 0.863. The molecule has 0 bridgehead atoms. The second-order valence-corrected chi connectivity index (χ2v) is 6.45. The average Bonchev–Trinajstić information content (AvgIpc) is 2.49. The Morgan fingerprint density at radius 3 is 2.38 bits per heavy atom. The number of ether oxygens (including phenoxy) is 1. The first kappa shape index (κ1) is 16.3. The second-order valence-electron chi connectivity index (χ2n) is 6.45. The Hall–Kier alpha value is -1.06. The first-order valence-electron chi connectivity index (χ1n) is 8.27. The van der Waals surface area contributed by atoms with E-state index in [-0.39, 0.29) is 0 Å². The zero-order valence-corrected chi connectivity index (χ0v) is 13.9. The van der Waals surface area contributed by atoms with Gasteiger partial charge < -0.3 is 4.74 Å². The summed E-state index contributed by atoms with van der Waals surface area (Å²) in [6, 6.07) is 10.2. The molecule has 1 aliphatic rings. The third kappa shape index (κ3) is 4.72. The summed E-state index contributed by atoms with van der Waals surface area (Å²) in [5.74, 6) is 0.931. The summed E-state index contributed by atoms with van der Waals surface area (Å²) in [5.41, 5.74) is 5.10. The number of aryl methyl sites for hydroxylation is 1. The highest BCUT2D eigenvalue weighted by atomic mass is 16.5. The van der Waals surface area contributed by atoms with Gasteiger partial charge in [-0.25, -0.2) is 5.01 Å². The fourth-order valence-corrected chi connectivity index (χ4v) is 3.17. The third-order valence-corrected chi connectivity index (χ3v) is 4.59. The molecule has 1 saturated heterocycles. The van der Waals surface area contributed by atoms with Gasteiger partial charge in [0.15, 0.2) is 0 Å². The molecule has 3 nitrogen and oxygen atoms in total. The monoisotopic (exact) mass is 290 g/mol. The van der Waals surface area contributed by atoms with E-state index in [2.05, 4.69) is 43.3 Å². The molecule has 3 heteroatoms. The van der Waals surface area contributed by atoms with Crippen molar-refractivity contribution in [2.24, 2.45) is 0 Å². The lowest BCUT2D eigenvalue weighted by Crippen LogP contribution is -2.54. The van der Waals surface area contributed by atoms with E-state index in [1.165, 1.54) is 24.8 Å². The Labute approximate surface area is 129 Å². The molecule has 2 rings (SSSR count). The molecular formula is C18H30N2O. The van der Waals surface area contributed by atoms with Gasteiger partial charge in [-0.3, -0.25) is 5.43 Å². The number of hydrogen-bond acceptors (Lipinski definition) is 3. The van der Waals surface area contributed by atoms with E-state index in [0.29, 0.717) is 18.1 Å². The predicted molar refractivity (Wildman–Crippen MR) is 88.5 cm³/mol. The van der Waals surface area contributed by atoms with E-state index in [9.17, 15) is 0 Å². The van der Waals surface area contributed by atoms with Gasteiger partial charge in [0, 0.05) is 18.1 Å². The lowest BCUT2D eigenvalue weighted by atomic mass is 9.99. The normalized spacial score (nSPS) is 24.8. The molecule has 21 heavy (non-hydrogen) atoms. The Bertz CT molecular complexity index is 408. The highest BCUT2D eigenvalue weighted by molar-refractivity contribution is 5.27. The van der Waals surface area contributed by atoms with Crippen molar-refractivity contribution in [3.05, 3.63) is 29.8 Å². The molecule has 3 atom stereocenters. The number of hydrogen-bond donors (Lipinski definition) is 1. The average molecular weight is 290 g/mol. The minimum atomic E-state index is 0.509. The lowest BCUT2D eigenvalue weighted by molar-refractivity contribution is 0.0310. The van der Waals surface area contributed by atoms with Gasteiger partial charge in [0.1, 0.15) is 5.75 Å². The predicted octanol–water partition coefficient (Wildman–Crippen LogP) is 3.78. The SMILES string of the molecule is COc1ccc(CCC(C)NN2C(C)CCCC2C)cc1. The lowest BCUT2D eigenvalue weighted by Gasteiger charge is -2.41. The number of hydrazine groups is 1. The highest BCUT2D eigenvalue weighted by Crippen LogP contribution is 2.21. The van der Waals surface area contributed by atoms with Gasteiger partial charge in [0.25, 0.3) is 0 Å². The second kappa shape index (κ2) is 7.81. The maximum atomic E-state index is 5.20. The van der Waals surface area contributed by atoms with Crippen molar-refractivity contribution >= 4 is 0 Å². The van der Waals surface area contributed by atoms with Crippen LogP contribution in [-0.2, 0) is 6.42 Å². The highest BCUT2D eigenvalue weighted by Gasteiger charge is 2.25. The number of methoxy groups -OCH3 is 1. The molecule has 0 aliphatic carbocycles. The first-order valence-corrected chi connectivity index (χ1v) is 8.27. The summed E-state index contributed by atoms with van der Waals surface area (Å²) >= 11 is 0. The number of nitrogens with zero attached hydrogens (tertiary/aromatic N) is 1. The fraction of sp³-hybridized carbons (Fsp3) is 0.667. The van der Waals surface area contributed by atoms with Crippen molar-refractivity contribution in [1.29, 1.82) is 0 Å². The van der Waals surface area contributed by atoms with Crippen LogP contribution >= 0.6 is 0 Å². The number of piperidine rings is 1. The third-order valence-electron chi connectivity index (χ3n) is 4.59. The smallest absolute Gasteiger partial charge is 0.118 e. The van der Waals surface area contributed by atoms with Gasteiger partial charge in [-0.1, -0.05) is 18.6 Å². The summed E-state index contributed by atoms with van der Waals surface area (Å²) in [7, 11) is 1.71. The number of benzene rings is 1. The van der Waals surface area contributed by atoms with Crippen LogP contribution in [0.3, 0.4) is 0 Å². The molecule has 1 aliphatic heterocycles. The molecule has 1 aromatic rings. The van der Waals surface area contributed by atoms with E-state index in [1.54, 1.807) is 7.11 Å². The summed E-state index contributed by atoms with van der Waals surface area (Å²) in [5, 5.41) is 2.47. The van der Waals surface area contributed by atoms with E-state index in [0.717, 1.165) is 18.6 Å². The van der Waals surface area contributed by atoms with Crippen LogP contribution in [0.15, 0.2) is 24.3 Å². The summed E-state index contributed by atoms with van der Waals surface area (Å²) < 4.78 is 5.20. The molecule has 1 heterocycles. The molecule has 0 amide bonds. The molecule has 118 valence electrons. The van der Waals surface area contributed by atoms with E-state index in [4.69, 9.17) is 4.74 Å². The van der Waals surface area contributed by atoms with Gasteiger partial charge in [-0.15, -0.1) is 0 Å². The number of nitrogens with one attached hydrogen (secondary N) is 1. The van der Waals surface area contributed by atoms with Crippen LogP contribution in [0.1, 0.15) is 52.0 Å². The molecular weight excluding hydrogens is 260 g/mol. The van der Waals surface area contributed by atoms with Gasteiger partial charge >= 0.3 is 0 Å². The Kier molecular flexibility index (Phi) is 6.07. The van der Waals surface area contributed by atoms with Crippen LogP contribution in [0.25, 0.3) is 0 Å². The van der Waals surface area contributed by atoms with Gasteiger partial charge in [-0.2, -0.15) is 0 Å². The zero-order chi connectivity index (χ0) is 15.2. The van der Waals surface area contributed by atoms with Crippen LogP contribution in [0.5, 0.6) is 5.75 Å². The topological polar surface area (TPSA) is 24.5 Å².